The van der Waals surface area contributed by atoms with E-state index in [1.54, 1.807) is 35.4 Å². The number of carbonyl (C=O) groups is 1. The summed E-state index contributed by atoms with van der Waals surface area (Å²) in [7, 11) is -3.73. The summed E-state index contributed by atoms with van der Waals surface area (Å²) in [5, 5.41) is 1.60. The van der Waals surface area contributed by atoms with Crippen molar-refractivity contribution in [3.05, 3.63) is 40.9 Å². The molecule has 0 aromatic carbocycles. The third-order valence-electron chi connectivity index (χ3n) is 3.61. The molecule has 1 fully saturated rings. The van der Waals surface area contributed by atoms with Crippen LogP contribution < -0.4 is 4.72 Å². The van der Waals surface area contributed by atoms with Gasteiger partial charge in [0, 0.05) is 24.2 Å². The summed E-state index contributed by atoms with van der Waals surface area (Å²) in [6, 6.07) is 6.55. The van der Waals surface area contributed by atoms with Crippen molar-refractivity contribution < 1.29 is 13.2 Å². The van der Waals surface area contributed by atoms with Gasteiger partial charge < -0.3 is 4.90 Å². The number of carbonyl (C=O) groups excluding carboxylic acids is 1. The van der Waals surface area contributed by atoms with Crippen molar-refractivity contribution in [1.29, 1.82) is 0 Å². The number of amides is 1. The average Bonchev–Trinajstić information content (AvgIpc) is 3.18. The maximum atomic E-state index is 12.4. The highest BCUT2D eigenvalue weighted by molar-refractivity contribution is 7.94. The Labute approximate surface area is 139 Å². The van der Waals surface area contributed by atoms with Gasteiger partial charge in [-0.3, -0.25) is 9.52 Å². The third kappa shape index (κ3) is 3.53. The first-order chi connectivity index (χ1) is 11.0. The number of aryl methyl sites for hydroxylation is 1. The highest BCUT2D eigenvalue weighted by Gasteiger charge is 2.24. The average molecular weight is 351 g/mol. The van der Waals surface area contributed by atoms with Crippen LogP contribution in [0.15, 0.2) is 33.9 Å². The van der Waals surface area contributed by atoms with E-state index in [4.69, 9.17) is 0 Å². The van der Waals surface area contributed by atoms with E-state index in [2.05, 4.69) is 9.71 Å². The molecule has 0 spiro atoms. The van der Waals surface area contributed by atoms with Crippen molar-refractivity contribution in [2.75, 3.05) is 17.8 Å². The van der Waals surface area contributed by atoms with Gasteiger partial charge in [0.2, 0.25) is 0 Å². The summed E-state index contributed by atoms with van der Waals surface area (Å²) < 4.78 is 27.4. The molecule has 1 amide bonds. The Kier molecular flexibility index (Phi) is 4.36. The first-order valence-electron chi connectivity index (χ1n) is 7.30. The first-order valence-corrected chi connectivity index (χ1v) is 9.66. The highest BCUT2D eigenvalue weighted by atomic mass is 32.2. The number of aromatic nitrogens is 1. The predicted molar refractivity (Wildman–Crippen MR) is 89.2 cm³/mol. The van der Waals surface area contributed by atoms with E-state index >= 15 is 0 Å². The van der Waals surface area contributed by atoms with E-state index in [-0.39, 0.29) is 15.9 Å². The molecule has 122 valence electrons. The molecule has 23 heavy (non-hydrogen) atoms. The molecule has 1 N–H and O–H groups in total. The second-order valence-electron chi connectivity index (χ2n) is 5.42. The molecule has 2 aromatic heterocycles. The minimum absolute atomic E-state index is 0.103. The molecule has 3 rings (SSSR count). The molecule has 0 radical (unpaired) electrons. The molecule has 0 saturated carbocycles. The van der Waals surface area contributed by atoms with Crippen LogP contribution in [0.5, 0.6) is 0 Å². The van der Waals surface area contributed by atoms with E-state index < -0.39 is 10.0 Å². The number of anilines is 1. The van der Waals surface area contributed by atoms with Gasteiger partial charge in [-0.1, -0.05) is 6.07 Å². The van der Waals surface area contributed by atoms with Crippen molar-refractivity contribution in [1.82, 2.24) is 9.88 Å². The number of pyridine rings is 1. The van der Waals surface area contributed by atoms with E-state index in [0.717, 1.165) is 43.0 Å². The lowest BCUT2D eigenvalue weighted by molar-refractivity contribution is 0.0793. The molecule has 6 nitrogen and oxygen atoms in total. The lowest BCUT2D eigenvalue weighted by atomic mass is 10.3. The summed E-state index contributed by atoms with van der Waals surface area (Å²) in [6.07, 6.45) is 2.00. The van der Waals surface area contributed by atoms with Crippen LogP contribution in [0.1, 0.15) is 28.9 Å². The summed E-state index contributed by atoms with van der Waals surface area (Å²) in [4.78, 5) is 18.2. The third-order valence-corrected chi connectivity index (χ3v) is 6.40. The van der Waals surface area contributed by atoms with Crippen LogP contribution >= 0.6 is 11.3 Å². The van der Waals surface area contributed by atoms with Crippen molar-refractivity contribution in [3.63, 3.8) is 0 Å². The molecule has 3 heterocycles. The van der Waals surface area contributed by atoms with Crippen molar-refractivity contribution in [2.45, 2.75) is 24.0 Å². The van der Waals surface area contributed by atoms with Crippen LogP contribution in [0, 0.1) is 6.92 Å². The molecule has 0 atom stereocenters. The Morgan fingerprint density at radius 3 is 2.74 bits per heavy atom. The smallest absolute Gasteiger partial charge is 0.272 e. The zero-order valence-electron chi connectivity index (χ0n) is 12.7. The molecule has 0 unspecified atom stereocenters. The van der Waals surface area contributed by atoms with Crippen molar-refractivity contribution in [2.24, 2.45) is 0 Å². The van der Waals surface area contributed by atoms with Crippen LogP contribution in [0.3, 0.4) is 0 Å². The Balaban J connectivity index is 1.79. The van der Waals surface area contributed by atoms with E-state index in [9.17, 15) is 13.2 Å². The number of hydrogen-bond donors (Lipinski definition) is 1. The second-order valence-corrected chi connectivity index (χ2v) is 8.24. The van der Waals surface area contributed by atoms with Crippen LogP contribution in [-0.2, 0) is 10.0 Å². The molecule has 8 heteroatoms. The number of thiophene rings is 1. The van der Waals surface area contributed by atoms with Crippen LogP contribution in [-0.4, -0.2) is 37.3 Å². The minimum atomic E-state index is -3.73. The molecule has 1 saturated heterocycles. The Morgan fingerprint density at radius 1 is 1.30 bits per heavy atom. The largest absolute Gasteiger partial charge is 0.339 e. The summed E-state index contributed by atoms with van der Waals surface area (Å²) >= 11 is 1.04. The quantitative estimate of drug-likeness (QED) is 0.918. The zero-order valence-corrected chi connectivity index (χ0v) is 14.3. The fourth-order valence-corrected chi connectivity index (χ4v) is 4.62. The number of nitrogens with one attached hydrogen (secondary N) is 1. The number of likely N-dealkylation sites (tertiary alicyclic amines) is 1. The van der Waals surface area contributed by atoms with Crippen LogP contribution in [0.4, 0.5) is 5.82 Å². The van der Waals surface area contributed by atoms with Crippen molar-refractivity contribution >= 4 is 33.1 Å². The maximum absolute atomic E-state index is 12.4. The molecule has 1 aliphatic heterocycles. The van der Waals surface area contributed by atoms with Gasteiger partial charge >= 0.3 is 0 Å². The van der Waals surface area contributed by atoms with Gasteiger partial charge in [0.15, 0.2) is 0 Å². The fourth-order valence-electron chi connectivity index (χ4n) is 2.46. The minimum Gasteiger partial charge on any atom is -0.339 e. The van der Waals surface area contributed by atoms with Crippen LogP contribution in [0.2, 0.25) is 0 Å². The fraction of sp³-hybridized carbons (Fsp3) is 0.333. The lowest BCUT2D eigenvalue weighted by Gasteiger charge is -2.13. The predicted octanol–water partition coefficient (Wildman–Crippen LogP) is 2.49. The summed E-state index contributed by atoms with van der Waals surface area (Å²) in [5.74, 6) is 0.166. The Morgan fingerprint density at radius 2 is 2.04 bits per heavy atom. The standard InChI is InChI=1S/C15H17N3O3S2/c1-11-5-4-6-13(16-11)17-23(20,21)14-9-12(10-22-14)15(19)18-7-2-3-8-18/h4-6,9-10H,2-3,7-8H2,1H3,(H,16,17). The molecular formula is C15H17N3O3S2. The maximum Gasteiger partial charge on any atom is 0.272 e. The van der Waals surface area contributed by atoms with Gasteiger partial charge in [-0.25, -0.2) is 13.4 Å². The Bertz CT molecular complexity index is 824. The van der Waals surface area contributed by atoms with E-state index in [1.807, 2.05) is 0 Å². The molecule has 0 bridgehead atoms. The van der Waals surface area contributed by atoms with Gasteiger partial charge in [-0.2, -0.15) is 0 Å². The number of rotatable bonds is 4. The monoisotopic (exact) mass is 351 g/mol. The van der Waals surface area contributed by atoms with Gasteiger partial charge in [0.05, 0.1) is 5.56 Å². The molecule has 1 aliphatic rings. The molecule has 0 aliphatic carbocycles. The highest BCUT2D eigenvalue weighted by Crippen LogP contribution is 2.24. The normalized spacial score (nSPS) is 14.9. The van der Waals surface area contributed by atoms with Gasteiger partial charge in [-0.05, 0) is 38.0 Å². The number of sulfonamides is 1. The zero-order chi connectivity index (χ0) is 16.4. The number of nitrogens with zero attached hydrogens (tertiary/aromatic N) is 2. The van der Waals surface area contributed by atoms with Crippen molar-refractivity contribution in [3.8, 4) is 0 Å². The van der Waals surface area contributed by atoms with Gasteiger partial charge in [0.1, 0.15) is 10.0 Å². The topological polar surface area (TPSA) is 79.4 Å². The SMILES string of the molecule is Cc1cccc(NS(=O)(=O)c2cc(C(=O)N3CCCC3)cs2)n1. The first kappa shape index (κ1) is 15.9. The summed E-state index contributed by atoms with van der Waals surface area (Å²) in [5.41, 5.74) is 1.15. The molecular weight excluding hydrogens is 334 g/mol. The molecule has 2 aromatic rings. The lowest BCUT2D eigenvalue weighted by Crippen LogP contribution is -2.27. The summed E-state index contributed by atoms with van der Waals surface area (Å²) in [6.45, 7) is 3.26. The van der Waals surface area contributed by atoms with Gasteiger partial charge in [-0.15, -0.1) is 11.3 Å². The second kappa shape index (κ2) is 6.29. The number of hydrogen-bond acceptors (Lipinski definition) is 5. The van der Waals surface area contributed by atoms with Gasteiger partial charge in [0.25, 0.3) is 15.9 Å². The van der Waals surface area contributed by atoms with E-state index in [0.29, 0.717) is 5.56 Å². The van der Waals surface area contributed by atoms with Crippen LogP contribution in [0.25, 0.3) is 0 Å². The van der Waals surface area contributed by atoms with E-state index in [1.165, 1.54) is 6.07 Å². The Hall–Kier alpha value is -1.93.